The van der Waals surface area contributed by atoms with Crippen LogP contribution in [0.15, 0.2) is 84.6 Å². The van der Waals surface area contributed by atoms with E-state index in [0.717, 1.165) is 28.8 Å². The van der Waals surface area contributed by atoms with Gasteiger partial charge in [0.2, 0.25) is 0 Å². The molecule has 0 saturated carbocycles. The first-order valence-electron chi connectivity index (χ1n) is 9.79. The average molecular weight is 450 g/mol. The lowest BCUT2D eigenvalue weighted by Crippen LogP contribution is -2.28. The van der Waals surface area contributed by atoms with Crippen LogP contribution in [-0.2, 0) is 4.79 Å². The number of rotatable bonds is 7. The Morgan fingerprint density at radius 3 is 2.66 bits per heavy atom. The Bertz CT molecular complexity index is 1220. The Morgan fingerprint density at radius 2 is 1.94 bits per heavy atom. The molecule has 9 nitrogen and oxygen atoms in total. The minimum Gasteiger partial charge on any atom is -0.497 e. The smallest absolute Gasteiger partial charge is 0.284 e. The second-order valence-corrected chi connectivity index (χ2v) is 7.81. The Labute approximate surface area is 187 Å². The third kappa shape index (κ3) is 4.04. The highest BCUT2D eigenvalue weighted by Gasteiger charge is 2.35. The SMILES string of the molecule is COc1ccc(C2=NN(C(=O)CSc3nnc(-c4ccco4)o3)C(c3ccco3)C2)cc1. The molecule has 0 bridgehead atoms. The highest BCUT2D eigenvalue weighted by Crippen LogP contribution is 2.34. The van der Waals surface area contributed by atoms with Crippen LogP contribution < -0.4 is 4.74 Å². The third-order valence-corrected chi connectivity index (χ3v) is 5.72. The van der Waals surface area contributed by atoms with Gasteiger partial charge in [-0.2, -0.15) is 5.10 Å². The van der Waals surface area contributed by atoms with E-state index in [1.165, 1.54) is 11.3 Å². The van der Waals surface area contributed by atoms with Gasteiger partial charge < -0.3 is 18.0 Å². The van der Waals surface area contributed by atoms with Crippen LogP contribution in [0, 0.1) is 0 Å². The van der Waals surface area contributed by atoms with Gasteiger partial charge in [0.05, 0.1) is 31.1 Å². The maximum Gasteiger partial charge on any atom is 0.284 e. The molecule has 3 aromatic heterocycles. The lowest BCUT2D eigenvalue weighted by molar-refractivity contribution is -0.130. The molecule has 5 rings (SSSR count). The molecule has 0 aliphatic carbocycles. The number of furan rings is 2. The summed E-state index contributed by atoms with van der Waals surface area (Å²) < 4.78 is 21.6. The van der Waals surface area contributed by atoms with Gasteiger partial charge in [0, 0.05) is 6.42 Å². The molecule has 162 valence electrons. The molecule has 1 aliphatic rings. The van der Waals surface area contributed by atoms with Crippen molar-refractivity contribution in [1.82, 2.24) is 15.2 Å². The van der Waals surface area contributed by atoms with Gasteiger partial charge in [-0.25, -0.2) is 5.01 Å². The van der Waals surface area contributed by atoms with E-state index in [1.54, 1.807) is 31.6 Å². The highest BCUT2D eigenvalue weighted by atomic mass is 32.2. The number of nitrogens with zero attached hydrogens (tertiary/aromatic N) is 4. The summed E-state index contributed by atoms with van der Waals surface area (Å²) >= 11 is 1.15. The van der Waals surface area contributed by atoms with Gasteiger partial charge in [0.25, 0.3) is 17.0 Å². The summed E-state index contributed by atoms with van der Waals surface area (Å²) in [6, 6.07) is 14.4. The van der Waals surface area contributed by atoms with E-state index in [4.69, 9.17) is 18.0 Å². The summed E-state index contributed by atoms with van der Waals surface area (Å²) in [6.07, 6.45) is 3.66. The fraction of sp³-hybridized carbons (Fsp3) is 0.182. The molecule has 1 amide bonds. The molecule has 0 radical (unpaired) electrons. The average Bonchev–Trinajstić information content (AvgIpc) is 3.63. The number of hydrogen-bond donors (Lipinski definition) is 0. The van der Waals surface area contributed by atoms with Crippen LogP contribution in [0.25, 0.3) is 11.7 Å². The quantitative estimate of drug-likeness (QED) is 0.381. The molecule has 1 unspecified atom stereocenters. The van der Waals surface area contributed by atoms with Crippen LogP contribution in [0.4, 0.5) is 0 Å². The van der Waals surface area contributed by atoms with Crippen molar-refractivity contribution < 1.29 is 22.8 Å². The first-order chi connectivity index (χ1) is 15.7. The van der Waals surface area contributed by atoms with Gasteiger partial charge in [-0.05, 0) is 54.1 Å². The van der Waals surface area contributed by atoms with Gasteiger partial charge in [-0.3, -0.25) is 4.79 Å². The molecule has 4 heterocycles. The Morgan fingerprint density at radius 1 is 1.12 bits per heavy atom. The fourth-order valence-electron chi connectivity index (χ4n) is 3.36. The summed E-state index contributed by atoms with van der Waals surface area (Å²) in [5.41, 5.74) is 1.72. The maximum atomic E-state index is 13.1. The molecule has 0 saturated heterocycles. The van der Waals surface area contributed by atoms with Crippen molar-refractivity contribution in [3.8, 4) is 17.4 Å². The highest BCUT2D eigenvalue weighted by molar-refractivity contribution is 7.99. The molecule has 1 aliphatic heterocycles. The number of amides is 1. The van der Waals surface area contributed by atoms with Gasteiger partial charge in [-0.1, -0.05) is 11.8 Å². The zero-order valence-electron chi connectivity index (χ0n) is 17.0. The molecule has 1 aromatic carbocycles. The van der Waals surface area contributed by atoms with Gasteiger partial charge in [0.1, 0.15) is 17.6 Å². The molecule has 0 fully saturated rings. The van der Waals surface area contributed by atoms with E-state index < -0.39 is 0 Å². The van der Waals surface area contributed by atoms with Crippen LogP contribution in [0.2, 0.25) is 0 Å². The number of thioether (sulfide) groups is 1. The lowest BCUT2D eigenvalue weighted by Gasteiger charge is -2.19. The van der Waals surface area contributed by atoms with Crippen molar-refractivity contribution in [2.24, 2.45) is 5.10 Å². The number of aromatic nitrogens is 2. The topological polar surface area (TPSA) is 107 Å². The fourth-order valence-corrected chi connectivity index (χ4v) is 3.97. The van der Waals surface area contributed by atoms with Crippen molar-refractivity contribution in [1.29, 1.82) is 0 Å². The van der Waals surface area contributed by atoms with E-state index in [1.807, 2.05) is 30.3 Å². The number of carbonyl (C=O) groups is 1. The van der Waals surface area contributed by atoms with Gasteiger partial charge in [-0.15, -0.1) is 10.2 Å². The lowest BCUT2D eigenvalue weighted by atomic mass is 10.0. The standard InChI is InChI=1S/C22H18N4O5S/c1-28-15-8-6-14(7-9-15)16-12-17(18-4-2-10-29-18)26(25-16)20(27)13-32-22-24-23-21(31-22)19-5-3-11-30-19/h2-11,17H,12-13H2,1H3. The van der Waals surface area contributed by atoms with E-state index in [-0.39, 0.29) is 28.8 Å². The van der Waals surface area contributed by atoms with Crippen molar-refractivity contribution in [2.45, 2.75) is 17.7 Å². The molecule has 0 spiro atoms. The summed E-state index contributed by atoms with van der Waals surface area (Å²) in [5.74, 6) is 2.05. The van der Waals surface area contributed by atoms with Crippen LogP contribution in [0.5, 0.6) is 5.75 Å². The zero-order chi connectivity index (χ0) is 21.9. The van der Waals surface area contributed by atoms with Crippen LogP contribution in [0.1, 0.15) is 23.8 Å². The second kappa shape index (κ2) is 8.75. The van der Waals surface area contributed by atoms with Crippen LogP contribution >= 0.6 is 11.8 Å². The Hall–Kier alpha value is -3.79. The Balaban J connectivity index is 1.32. The van der Waals surface area contributed by atoms with Crippen molar-refractivity contribution >= 4 is 23.4 Å². The van der Waals surface area contributed by atoms with E-state index in [2.05, 4.69) is 15.3 Å². The normalized spacial score (nSPS) is 15.7. The number of carbonyl (C=O) groups excluding carboxylic acids is 1. The molecule has 1 atom stereocenters. The first kappa shape index (κ1) is 20.1. The van der Waals surface area contributed by atoms with Crippen molar-refractivity contribution in [3.63, 3.8) is 0 Å². The van der Waals surface area contributed by atoms with Crippen molar-refractivity contribution in [3.05, 3.63) is 72.4 Å². The molecule has 10 heteroatoms. The van der Waals surface area contributed by atoms with Crippen molar-refractivity contribution in [2.75, 3.05) is 12.9 Å². The van der Waals surface area contributed by atoms with Gasteiger partial charge >= 0.3 is 0 Å². The maximum absolute atomic E-state index is 13.1. The van der Waals surface area contributed by atoms with Gasteiger partial charge in [0.15, 0.2) is 5.76 Å². The van der Waals surface area contributed by atoms with Crippen LogP contribution in [0.3, 0.4) is 0 Å². The molecule has 0 N–H and O–H groups in total. The number of benzene rings is 1. The summed E-state index contributed by atoms with van der Waals surface area (Å²) in [5, 5.41) is 14.3. The Kier molecular flexibility index (Phi) is 5.51. The van der Waals surface area contributed by atoms with E-state index in [0.29, 0.717) is 17.9 Å². The first-order valence-corrected chi connectivity index (χ1v) is 10.8. The predicted octanol–water partition coefficient (Wildman–Crippen LogP) is 4.40. The predicted molar refractivity (Wildman–Crippen MR) is 115 cm³/mol. The summed E-state index contributed by atoms with van der Waals surface area (Å²) in [4.78, 5) is 13.1. The number of hydrogen-bond acceptors (Lipinski definition) is 9. The third-order valence-electron chi connectivity index (χ3n) is 4.92. The largest absolute Gasteiger partial charge is 0.497 e. The molecule has 4 aromatic rings. The van der Waals surface area contributed by atoms with Crippen LogP contribution in [-0.4, -0.2) is 39.7 Å². The second-order valence-electron chi connectivity index (χ2n) is 6.89. The molecular formula is C22H18N4O5S. The number of hydrazone groups is 1. The monoisotopic (exact) mass is 450 g/mol. The minimum atomic E-state index is -0.323. The van der Waals surface area contributed by atoms with E-state index >= 15 is 0 Å². The minimum absolute atomic E-state index is 0.0798. The van der Waals surface area contributed by atoms with E-state index in [9.17, 15) is 4.79 Å². The number of ether oxygens (including phenoxy) is 1. The molecule has 32 heavy (non-hydrogen) atoms. The summed E-state index contributed by atoms with van der Waals surface area (Å²) in [7, 11) is 1.62. The molecular weight excluding hydrogens is 432 g/mol. The summed E-state index contributed by atoms with van der Waals surface area (Å²) in [6.45, 7) is 0. The number of methoxy groups -OCH3 is 1. The zero-order valence-corrected chi connectivity index (χ0v) is 17.8.